The minimum atomic E-state index is -3.60. The van der Waals surface area contributed by atoms with E-state index in [0.717, 1.165) is 4.90 Å². The summed E-state index contributed by atoms with van der Waals surface area (Å²) in [6.07, 6.45) is 0. The number of amides is 1. The summed E-state index contributed by atoms with van der Waals surface area (Å²) >= 11 is 1.62. The molecule has 0 saturated heterocycles. The SMILES string of the molecule is CCN(CC)S(=O)(=O)c1cc(NC(=O)c2ccccc2SC(C)C)ccc1C. The molecule has 0 heterocycles. The van der Waals surface area contributed by atoms with Crippen LogP contribution in [0.2, 0.25) is 0 Å². The average Bonchev–Trinajstić information content (AvgIpc) is 2.63. The van der Waals surface area contributed by atoms with Gasteiger partial charge in [-0.25, -0.2) is 8.42 Å². The normalized spacial score (nSPS) is 11.8. The summed E-state index contributed by atoms with van der Waals surface area (Å²) in [5, 5.41) is 3.20. The highest BCUT2D eigenvalue weighted by Crippen LogP contribution is 2.28. The van der Waals surface area contributed by atoms with Gasteiger partial charge in [-0.05, 0) is 36.8 Å². The molecule has 5 nitrogen and oxygen atoms in total. The van der Waals surface area contributed by atoms with Gasteiger partial charge in [0.05, 0.1) is 10.5 Å². The number of nitrogens with zero attached hydrogens (tertiary/aromatic N) is 1. The third-order valence-corrected chi connectivity index (χ3v) is 7.54. The van der Waals surface area contributed by atoms with Crippen LogP contribution in [0.25, 0.3) is 0 Å². The quantitative estimate of drug-likeness (QED) is 0.624. The summed E-state index contributed by atoms with van der Waals surface area (Å²) in [7, 11) is -3.60. The molecule has 0 aliphatic rings. The van der Waals surface area contributed by atoms with E-state index in [1.54, 1.807) is 43.0 Å². The van der Waals surface area contributed by atoms with Crippen LogP contribution in [0.3, 0.4) is 0 Å². The Morgan fingerprint density at radius 3 is 2.36 bits per heavy atom. The van der Waals surface area contributed by atoms with Crippen LogP contribution in [0.4, 0.5) is 5.69 Å². The minimum absolute atomic E-state index is 0.221. The molecule has 0 saturated carbocycles. The topological polar surface area (TPSA) is 66.5 Å². The van der Waals surface area contributed by atoms with Crippen molar-refractivity contribution in [3.8, 4) is 0 Å². The number of anilines is 1. The van der Waals surface area contributed by atoms with Gasteiger partial charge in [-0.1, -0.05) is 45.9 Å². The van der Waals surface area contributed by atoms with E-state index >= 15 is 0 Å². The molecule has 0 unspecified atom stereocenters. The van der Waals surface area contributed by atoms with Gasteiger partial charge in [0, 0.05) is 28.9 Å². The molecule has 7 heteroatoms. The molecule has 2 rings (SSSR count). The van der Waals surface area contributed by atoms with Gasteiger partial charge in [-0.15, -0.1) is 11.8 Å². The predicted octanol–water partition coefficient (Wildman–Crippen LogP) is 4.78. The zero-order valence-corrected chi connectivity index (χ0v) is 18.7. The van der Waals surface area contributed by atoms with Crippen molar-refractivity contribution in [3.05, 3.63) is 53.6 Å². The van der Waals surface area contributed by atoms with E-state index in [9.17, 15) is 13.2 Å². The first-order valence-electron chi connectivity index (χ1n) is 9.38. The van der Waals surface area contributed by atoms with Crippen LogP contribution in [0.5, 0.6) is 0 Å². The van der Waals surface area contributed by atoms with Crippen LogP contribution in [0.1, 0.15) is 43.6 Å². The van der Waals surface area contributed by atoms with Crippen molar-refractivity contribution < 1.29 is 13.2 Å². The number of carbonyl (C=O) groups excluding carboxylic acids is 1. The molecule has 0 aliphatic carbocycles. The highest BCUT2D eigenvalue weighted by molar-refractivity contribution is 8.00. The van der Waals surface area contributed by atoms with Crippen molar-refractivity contribution in [3.63, 3.8) is 0 Å². The first-order valence-corrected chi connectivity index (χ1v) is 11.7. The monoisotopic (exact) mass is 420 g/mol. The highest BCUT2D eigenvalue weighted by Gasteiger charge is 2.24. The van der Waals surface area contributed by atoms with E-state index in [4.69, 9.17) is 0 Å². The molecule has 0 bridgehead atoms. The van der Waals surface area contributed by atoms with Crippen molar-refractivity contribution in [2.45, 2.75) is 49.7 Å². The van der Waals surface area contributed by atoms with Crippen LogP contribution in [-0.4, -0.2) is 37.0 Å². The smallest absolute Gasteiger partial charge is 0.256 e. The second-order valence-corrected chi connectivity index (χ2v) is 10.2. The Labute approximate surface area is 172 Å². The Balaban J connectivity index is 2.35. The summed E-state index contributed by atoms with van der Waals surface area (Å²) < 4.78 is 27.2. The second-order valence-electron chi connectivity index (χ2n) is 6.69. The van der Waals surface area contributed by atoms with Crippen molar-refractivity contribution in [1.82, 2.24) is 4.31 Å². The zero-order valence-electron chi connectivity index (χ0n) is 17.0. The Morgan fingerprint density at radius 1 is 1.11 bits per heavy atom. The number of hydrogen-bond acceptors (Lipinski definition) is 4. The van der Waals surface area contributed by atoms with Gasteiger partial charge in [-0.3, -0.25) is 4.79 Å². The number of sulfonamides is 1. The third-order valence-electron chi connectivity index (χ3n) is 4.26. The van der Waals surface area contributed by atoms with Crippen LogP contribution in [0.15, 0.2) is 52.3 Å². The van der Waals surface area contributed by atoms with Gasteiger partial charge in [-0.2, -0.15) is 4.31 Å². The number of nitrogens with one attached hydrogen (secondary N) is 1. The number of thioether (sulfide) groups is 1. The predicted molar refractivity (Wildman–Crippen MR) is 117 cm³/mol. The molecule has 0 atom stereocenters. The highest BCUT2D eigenvalue weighted by atomic mass is 32.2. The summed E-state index contributed by atoms with van der Waals surface area (Å²) in [4.78, 5) is 13.9. The number of benzene rings is 2. The molecule has 1 amide bonds. The fraction of sp³-hybridized carbons (Fsp3) is 0.381. The summed E-state index contributed by atoms with van der Waals surface area (Å²) in [6, 6.07) is 12.4. The molecule has 152 valence electrons. The molecule has 1 N–H and O–H groups in total. The summed E-state index contributed by atoms with van der Waals surface area (Å²) in [5.74, 6) is -0.251. The largest absolute Gasteiger partial charge is 0.322 e. The van der Waals surface area contributed by atoms with Gasteiger partial charge in [0.1, 0.15) is 0 Å². The molecule has 2 aromatic carbocycles. The third kappa shape index (κ3) is 5.16. The molecule has 0 spiro atoms. The average molecular weight is 421 g/mol. The summed E-state index contributed by atoms with van der Waals surface area (Å²) in [5.41, 5.74) is 1.70. The molecule has 0 fully saturated rings. The van der Waals surface area contributed by atoms with Crippen molar-refractivity contribution in [2.75, 3.05) is 18.4 Å². The fourth-order valence-corrected chi connectivity index (χ4v) is 5.53. The van der Waals surface area contributed by atoms with E-state index in [0.29, 0.717) is 35.2 Å². The number of carbonyl (C=O) groups is 1. The Bertz CT molecular complexity index is 936. The van der Waals surface area contributed by atoms with Gasteiger partial charge in [0.15, 0.2) is 0 Å². The van der Waals surface area contributed by atoms with E-state index in [-0.39, 0.29) is 10.8 Å². The minimum Gasteiger partial charge on any atom is -0.322 e. The summed E-state index contributed by atoms with van der Waals surface area (Å²) in [6.45, 7) is 10.3. The van der Waals surface area contributed by atoms with E-state index in [1.165, 1.54) is 4.31 Å². The maximum Gasteiger partial charge on any atom is 0.256 e. The van der Waals surface area contributed by atoms with Crippen molar-refractivity contribution in [1.29, 1.82) is 0 Å². The van der Waals surface area contributed by atoms with Crippen molar-refractivity contribution in [2.24, 2.45) is 0 Å². The zero-order chi connectivity index (χ0) is 20.9. The molecular weight excluding hydrogens is 392 g/mol. The number of aryl methyl sites for hydroxylation is 1. The molecule has 0 radical (unpaired) electrons. The first-order chi connectivity index (χ1) is 13.2. The molecule has 2 aromatic rings. The maximum absolute atomic E-state index is 12.9. The lowest BCUT2D eigenvalue weighted by atomic mass is 10.2. The molecule has 0 aliphatic heterocycles. The molecule has 28 heavy (non-hydrogen) atoms. The van der Waals surface area contributed by atoms with E-state index in [1.807, 2.05) is 32.0 Å². The van der Waals surface area contributed by atoms with Crippen LogP contribution < -0.4 is 5.32 Å². The lowest BCUT2D eigenvalue weighted by molar-refractivity contribution is 0.102. The van der Waals surface area contributed by atoms with Gasteiger partial charge in [0.25, 0.3) is 5.91 Å². The lowest BCUT2D eigenvalue weighted by Crippen LogP contribution is -2.31. The lowest BCUT2D eigenvalue weighted by Gasteiger charge is -2.20. The number of hydrogen-bond donors (Lipinski definition) is 1. The molecule has 0 aromatic heterocycles. The van der Waals surface area contributed by atoms with Crippen LogP contribution in [0, 0.1) is 6.92 Å². The van der Waals surface area contributed by atoms with Gasteiger partial charge < -0.3 is 5.32 Å². The Morgan fingerprint density at radius 2 is 1.75 bits per heavy atom. The fourth-order valence-electron chi connectivity index (χ4n) is 2.87. The maximum atomic E-state index is 12.9. The Hall–Kier alpha value is -1.83. The van der Waals surface area contributed by atoms with Gasteiger partial charge in [0.2, 0.25) is 10.0 Å². The van der Waals surface area contributed by atoms with E-state index in [2.05, 4.69) is 19.2 Å². The Kier molecular flexibility index (Phi) is 7.69. The van der Waals surface area contributed by atoms with E-state index < -0.39 is 10.0 Å². The van der Waals surface area contributed by atoms with Gasteiger partial charge >= 0.3 is 0 Å². The number of rotatable bonds is 8. The first kappa shape index (κ1) is 22.5. The second kappa shape index (κ2) is 9.58. The van der Waals surface area contributed by atoms with Crippen LogP contribution in [-0.2, 0) is 10.0 Å². The van der Waals surface area contributed by atoms with Crippen LogP contribution >= 0.6 is 11.8 Å². The van der Waals surface area contributed by atoms with Crippen molar-refractivity contribution >= 4 is 33.4 Å². The molecular formula is C21H28N2O3S2. The standard InChI is InChI=1S/C21H28N2O3S2/c1-6-23(7-2)28(25,26)20-14-17(13-12-16(20)5)22-21(24)18-10-8-9-11-19(18)27-15(3)4/h8-15H,6-7H2,1-5H3,(H,22,24).